The molecule has 0 unspecified atom stereocenters. The van der Waals surface area contributed by atoms with Crippen LogP contribution in [0.1, 0.15) is 85.0 Å². The van der Waals surface area contributed by atoms with Crippen molar-refractivity contribution < 1.29 is 21.3 Å². The van der Waals surface area contributed by atoms with Crippen molar-refractivity contribution in [1.82, 2.24) is 0 Å². The van der Waals surface area contributed by atoms with Gasteiger partial charge in [0.25, 0.3) is 0 Å². The van der Waals surface area contributed by atoms with Crippen LogP contribution in [0.5, 0.6) is 0 Å². The van der Waals surface area contributed by atoms with Gasteiger partial charge >= 0.3 is 304 Å². The van der Waals surface area contributed by atoms with E-state index in [9.17, 15) is 0 Å². The van der Waals surface area contributed by atoms with E-state index in [2.05, 4.69) is 184 Å². The number of benzene rings is 4. The molecular weight excluding hydrogens is 688 g/mol. The van der Waals surface area contributed by atoms with Crippen molar-refractivity contribution in [1.29, 1.82) is 0 Å². The molecule has 2 aliphatic carbocycles. The number of allylic oxidation sites excluding steroid dienone is 4. The average molecular weight is 744 g/mol. The second-order valence-electron chi connectivity index (χ2n) is 18.3. The third-order valence-electron chi connectivity index (χ3n) is 10.5. The fourth-order valence-electron chi connectivity index (χ4n) is 7.65. The SMILES string of the molecule is CC(C)(C)c1ccc2c(c1)[CH]([Zr]([C]1=C([Si](C)(C)C)C=C([Si](C)(C)C)C1)=[C](c1ccccc1)c1ccccc1)c1cc(C(C)(C)C)ccc1-2. The van der Waals surface area contributed by atoms with E-state index in [4.69, 9.17) is 0 Å². The molecule has 0 fully saturated rings. The summed E-state index contributed by atoms with van der Waals surface area (Å²) in [5.74, 6) is 0. The summed E-state index contributed by atoms with van der Waals surface area (Å²) in [5, 5.41) is 3.53. The standard InChI is InChI=1S/C21H25.C13H10.C11H21Si2.Zr/c1-20(2,3)16-7-9-18-14(12-16)11-15-13-17(21(4,5)6)8-10-19(15)18;1-3-7-12(8-4-1)11-13-9-5-2-6-10-13;1-12(2,3)10-7-8-11(9-10)13(4,5)6;/h7-13H,1-6H3;1-10H;9H,7H2,1-6H3;. The Morgan fingerprint density at radius 1 is 0.583 bits per heavy atom. The van der Waals surface area contributed by atoms with E-state index in [1.165, 1.54) is 39.8 Å². The Labute approximate surface area is 301 Å². The fourth-order valence-corrected chi connectivity index (χ4v) is 23.9. The van der Waals surface area contributed by atoms with Gasteiger partial charge in [0.15, 0.2) is 0 Å². The quantitative estimate of drug-likeness (QED) is 0.173. The van der Waals surface area contributed by atoms with Gasteiger partial charge in [0.05, 0.1) is 0 Å². The molecule has 6 rings (SSSR count). The molecule has 0 heterocycles. The summed E-state index contributed by atoms with van der Waals surface area (Å²) in [5.41, 5.74) is 12.0. The van der Waals surface area contributed by atoms with Crippen LogP contribution in [0.3, 0.4) is 0 Å². The Morgan fingerprint density at radius 2 is 1.02 bits per heavy atom. The molecule has 0 amide bonds. The van der Waals surface area contributed by atoms with Crippen molar-refractivity contribution >= 4 is 19.4 Å². The van der Waals surface area contributed by atoms with Crippen LogP contribution in [0.2, 0.25) is 39.3 Å². The maximum atomic E-state index is 2.76. The second-order valence-corrected chi connectivity index (χ2v) is 34.6. The summed E-state index contributed by atoms with van der Waals surface area (Å²) in [6.45, 7) is 29.8. The molecule has 3 heteroatoms. The van der Waals surface area contributed by atoms with Crippen molar-refractivity contribution in [3.05, 3.63) is 150 Å². The van der Waals surface area contributed by atoms with Gasteiger partial charge in [0, 0.05) is 0 Å². The van der Waals surface area contributed by atoms with Crippen LogP contribution < -0.4 is 0 Å². The van der Waals surface area contributed by atoms with Crippen LogP contribution in [0.15, 0.2) is 117 Å². The van der Waals surface area contributed by atoms with Crippen molar-refractivity contribution in [2.75, 3.05) is 0 Å². The van der Waals surface area contributed by atoms with E-state index < -0.39 is 37.4 Å². The van der Waals surface area contributed by atoms with Gasteiger partial charge in [0.2, 0.25) is 0 Å². The van der Waals surface area contributed by atoms with E-state index >= 15 is 0 Å². The average Bonchev–Trinajstić information content (AvgIpc) is 3.60. The van der Waals surface area contributed by atoms with E-state index in [1.807, 2.05) is 3.28 Å². The molecule has 0 saturated carbocycles. The molecule has 0 aromatic heterocycles. The first kappa shape index (κ1) is 35.4. The first-order valence-corrected chi connectivity index (χ1v) is 28.8. The first-order valence-electron chi connectivity index (χ1n) is 17.9. The number of hydrogen-bond acceptors (Lipinski definition) is 0. The van der Waals surface area contributed by atoms with Gasteiger partial charge in [-0.1, -0.05) is 0 Å². The molecule has 248 valence electrons. The van der Waals surface area contributed by atoms with Crippen LogP contribution in [0.4, 0.5) is 0 Å². The Bertz CT molecular complexity index is 1840. The van der Waals surface area contributed by atoms with Gasteiger partial charge in [-0.05, 0) is 0 Å². The molecule has 0 nitrogen and oxygen atoms in total. The molecule has 4 aromatic carbocycles. The molecule has 0 radical (unpaired) electrons. The third kappa shape index (κ3) is 6.82. The molecule has 4 aromatic rings. The van der Waals surface area contributed by atoms with E-state index in [1.54, 1.807) is 24.7 Å². The van der Waals surface area contributed by atoms with Crippen LogP contribution in [0, 0.1) is 0 Å². The molecule has 0 aliphatic heterocycles. The number of fused-ring (bicyclic) bond motifs is 3. The fraction of sp³-hybridized carbons (Fsp3) is 0.356. The molecule has 2 aliphatic rings. The summed E-state index contributed by atoms with van der Waals surface area (Å²) >= 11 is -2.91. The van der Waals surface area contributed by atoms with Crippen molar-refractivity contribution in [2.24, 2.45) is 0 Å². The third-order valence-corrected chi connectivity index (χ3v) is 23.8. The van der Waals surface area contributed by atoms with E-state index in [0.29, 0.717) is 3.63 Å². The second kappa shape index (κ2) is 12.7. The van der Waals surface area contributed by atoms with Gasteiger partial charge < -0.3 is 0 Å². The molecule has 48 heavy (non-hydrogen) atoms. The predicted octanol–water partition coefficient (Wildman–Crippen LogP) is 12.6. The van der Waals surface area contributed by atoms with Gasteiger partial charge in [-0.2, -0.15) is 0 Å². The minimum absolute atomic E-state index is 0.0858. The molecule has 0 saturated heterocycles. The zero-order valence-electron chi connectivity index (χ0n) is 31.6. The van der Waals surface area contributed by atoms with Crippen molar-refractivity contribution in [3.63, 3.8) is 0 Å². The molecule has 0 N–H and O–H groups in total. The molecule has 0 bridgehead atoms. The summed E-state index contributed by atoms with van der Waals surface area (Å²) in [6.07, 6.45) is 3.95. The topological polar surface area (TPSA) is 0 Å². The number of rotatable bonds is 6. The van der Waals surface area contributed by atoms with Gasteiger partial charge in [0.1, 0.15) is 0 Å². The van der Waals surface area contributed by atoms with Crippen molar-refractivity contribution in [3.8, 4) is 11.1 Å². The summed E-state index contributed by atoms with van der Waals surface area (Å²) in [6, 6.07) is 38.1. The summed E-state index contributed by atoms with van der Waals surface area (Å²) < 4.78 is 3.96. The number of hydrogen-bond donors (Lipinski definition) is 0. The first-order chi connectivity index (χ1) is 22.4. The predicted molar refractivity (Wildman–Crippen MR) is 214 cm³/mol. The van der Waals surface area contributed by atoms with Crippen LogP contribution >= 0.6 is 0 Å². The van der Waals surface area contributed by atoms with Crippen LogP contribution in [0.25, 0.3) is 11.1 Å². The van der Waals surface area contributed by atoms with Gasteiger partial charge in [-0.15, -0.1) is 0 Å². The van der Waals surface area contributed by atoms with Crippen LogP contribution in [-0.4, -0.2) is 19.4 Å². The zero-order chi connectivity index (χ0) is 34.8. The Kier molecular flexibility index (Phi) is 9.36. The van der Waals surface area contributed by atoms with Gasteiger partial charge in [-0.25, -0.2) is 0 Å². The normalized spacial score (nSPS) is 15.4. The van der Waals surface area contributed by atoms with Gasteiger partial charge in [-0.3, -0.25) is 0 Å². The van der Waals surface area contributed by atoms with Crippen LogP contribution in [-0.2, 0) is 32.1 Å². The Morgan fingerprint density at radius 3 is 1.40 bits per heavy atom. The Hall–Kier alpha value is -2.45. The minimum atomic E-state index is -2.91. The molecule has 0 atom stereocenters. The zero-order valence-corrected chi connectivity index (χ0v) is 36.1. The monoisotopic (exact) mass is 742 g/mol. The molecular formula is C45H56Si2Zr. The van der Waals surface area contributed by atoms with E-state index in [-0.39, 0.29) is 10.8 Å². The Balaban J connectivity index is 1.81. The van der Waals surface area contributed by atoms with Crippen molar-refractivity contribution in [2.45, 2.75) is 102 Å². The van der Waals surface area contributed by atoms with E-state index in [0.717, 1.165) is 0 Å². The molecule has 0 spiro atoms. The summed E-state index contributed by atoms with van der Waals surface area (Å²) in [4.78, 5) is 0. The summed E-state index contributed by atoms with van der Waals surface area (Å²) in [7, 11) is -3.19. The maximum absolute atomic E-state index is 2.91.